The number of anilines is 1. The van der Waals surface area contributed by atoms with Crippen molar-refractivity contribution in [2.75, 3.05) is 25.0 Å². The summed E-state index contributed by atoms with van der Waals surface area (Å²) in [5.41, 5.74) is 2.85. The summed E-state index contributed by atoms with van der Waals surface area (Å²) in [6.07, 6.45) is 5.05. The fourth-order valence-electron chi connectivity index (χ4n) is 2.48. The standard InChI is InChI=1S/C15H24N2/c1-3-4-5-13-6-8-15(9-7-13)17-11-10-14(12-17)16-2/h6-9,14,16H,3-5,10-12H2,1-2H3. The third kappa shape index (κ3) is 3.22. The Balaban J connectivity index is 1.94. The van der Waals surface area contributed by atoms with Gasteiger partial charge in [0.2, 0.25) is 0 Å². The first-order valence-electron chi connectivity index (χ1n) is 6.84. The molecule has 1 aromatic rings. The van der Waals surface area contributed by atoms with Crippen LogP contribution in [-0.4, -0.2) is 26.2 Å². The van der Waals surface area contributed by atoms with Crippen LogP contribution in [0.1, 0.15) is 31.7 Å². The molecule has 0 aromatic heterocycles. The van der Waals surface area contributed by atoms with Gasteiger partial charge in [-0.1, -0.05) is 25.5 Å². The van der Waals surface area contributed by atoms with Gasteiger partial charge in [-0.05, 0) is 44.0 Å². The Bertz CT molecular complexity index is 331. The molecule has 0 spiro atoms. The predicted molar refractivity (Wildman–Crippen MR) is 74.7 cm³/mol. The van der Waals surface area contributed by atoms with E-state index in [9.17, 15) is 0 Å². The molecular weight excluding hydrogens is 208 g/mol. The molecule has 2 rings (SSSR count). The van der Waals surface area contributed by atoms with Crippen LogP contribution in [0, 0.1) is 0 Å². The number of benzene rings is 1. The van der Waals surface area contributed by atoms with E-state index in [-0.39, 0.29) is 0 Å². The smallest absolute Gasteiger partial charge is 0.0366 e. The van der Waals surface area contributed by atoms with E-state index in [1.807, 2.05) is 0 Å². The van der Waals surface area contributed by atoms with E-state index >= 15 is 0 Å². The van der Waals surface area contributed by atoms with Crippen molar-refractivity contribution < 1.29 is 0 Å². The minimum atomic E-state index is 0.662. The van der Waals surface area contributed by atoms with Gasteiger partial charge in [0.25, 0.3) is 0 Å². The van der Waals surface area contributed by atoms with Crippen LogP contribution in [-0.2, 0) is 6.42 Å². The third-order valence-electron chi connectivity index (χ3n) is 3.72. The zero-order valence-electron chi connectivity index (χ0n) is 11.1. The minimum Gasteiger partial charge on any atom is -0.370 e. The van der Waals surface area contributed by atoms with Crippen LogP contribution >= 0.6 is 0 Å². The number of nitrogens with one attached hydrogen (secondary N) is 1. The average Bonchev–Trinajstić information content (AvgIpc) is 2.86. The van der Waals surface area contributed by atoms with Crippen LogP contribution in [0.3, 0.4) is 0 Å². The van der Waals surface area contributed by atoms with Gasteiger partial charge in [0.05, 0.1) is 0 Å². The molecule has 1 fully saturated rings. The number of aryl methyl sites for hydroxylation is 1. The van der Waals surface area contributed by atoms with E-state index in [0.717, 1.165) is 6.54 Å². The van der Waals surface area contributed by atoms with Crippen molar-refractivity contribution in [1.29, 1.82) is 0 Å². The first kappa shape index (κ1) is 12.4. The van der Waals surface area contributed by atoms with E-state index in [0.29, 0.717) is 6.04 Å². The van der Waals surface area contributed by atoms with Crippen LogP contribution in [0.4, 0.5) is 5.69 Å². The highest BCUT2D eigenvalue weighted by molar-refractivity contribution is 5.48. The van der Waals surface area contributed by atoms with Gasteiger partial charge >= 0.3 is 0 Å². The highest BCUT2D eigenvalue weighted by Crippen LogP contribution is 2.21. The first-order valence-corrected chi connectivity index (χ1v) is 6.84. The summed E-state index contributed by atoms with van der Waals surface area (Å²) in [5, 5.41) is 3.36. The molecule has 1 unspecified atom stereocenters. The fourth-order valence-corrected chi connectivity index (χ4v) is 2.48. The number of rotatable bonds is 5. The van der Waals surface area contributed by atoms with Gasteiger partial charge in [-0.15, -0.1) is 0 Å². The van der Waals surface area contributed by atoms with Gasteiger partial charge in [-0.2, -0.15) is 0 Å². The zero-order chi connectivity index (χ0) is 12.1. The summed E-state index contributed by atoms with van der Waals surface area (Å²) in [5.74, 6) is 0. The second kappa shape index (κ2) is 6.06. The lowest BCUT2D eigenvalue weighted by molar-refractivity contribution is 0.617. The van der Waals surface area contributed by atoms with E-state index in [2.05, 4.69) is 48.5 Å². The zero-order valence-corrected chi connectivity index (χ0v) is 11.1. The first-order chi connectivity index (χ1) is 8.33. The third-order valence-corrected chi connectivity index (χ3v) is 3.72. The number of nitrogens with zero attached hydrogens (tertiary/aromatic N) is 1. The Morgan fingerprint density at radius 2 is 2.06 bits per heavy atom. The second-order valence-electron chi connectivity index (χ2n) is 4.99. The van der Waals surface area contributed by atoms with Crippen LogP contribution in [0.25, 0.3) is 0 Å². The van der Waals surface area contributed by atoms with Crippen molar-refractivity contribution in [3.63, 3.8) is 0 Å². The Morgan fingerprint density at radius 3 is 2.65 bits per heavy atom. The van der Waals surface area contributed by atoms with E-state index in [1.54, 1.807) is 0 Å². The van der Waals surface area contributed by atoms with Gasteiger partial charge in [-0.3, -0.25) is 0 Å². The maximum atomic E-state index is 3.36. The normalized spacial score (nSPS) is 19.9. The second-order valence-corrected chi connectivity index (χ2v) is 4.99. The lowest BCUT2D eigenvalue weighted by atomic mass is 10.1. The van der Waals surface area contributed by atoms with Gasteiger partial charge in [-0.25, -0.2) is 0 Å². The maximum absolute atomic E-state index is 3.36. The maximum Gasteiger partial charge on any atom is 0.0366 e. The van der Waals surface area contributed by atoms with Crippen molar-refractivity contribution >= 4 is 5.69 Å². The summed E-state index contributed by atoms with van der Waals surface area (Å²) in [6.45, 7) is 4.57. The van der Waals surface area contributed by atoms with Crippen molar-refractivity contribution in [2.24, 2.45) is 0 Å². The molecule has 1 aliphatic rings. The molecule has 0 saturated carbocycles. The van der Waals surface area contributed by atoms with Crippen molar-refractivity contribution in [1.82, 2.24) is 5.32 Å². The van der Waals surface area contributed by atoms with Crippen molar-refractivity contribution in [3.05, 3.63) is 29.8 Å². The predicted octanol–water partition coefficient (Wildman–Crippen LogP) is 2.83. The lowest BCUT2D eigenvalue weighted by Crippen LogP contribution is -2.29. The fraction of sp³-hybridized carbons (Fsp3) is 0.600. The average molecular weight is 232 g/mol. The van der Waals surface area contributed by atoms with Gasteiger partial charge in [0.15, 0.2) is 0 Å². The molecule has 2 nitrogen and oxygen atoms in total. The lowest BCUT2D eigenvalue weighted by Gasteiger charge is -2.19. The van der Waals surface area contributed by atoms with E-state index in [4.69, 9.17) is 0 Å². The van der Waals surface area contributed by atoms with E-state index in [1.165, 1.54) is 43.5 Å². The molecule has 1 saturated heterocycles. The highest BCUT2D eigenvalue weighted by atomic mass is 15.2. The molecule has 2 heteroatoms. The van der Waals surface area contributed by atoms with Crippen LogP contribution in [0.2, 0.25) is 0 Å². The van der Waals surface area contributed by atoms with Crippen molar-refractivity contribution in [2.45, 2.75) is 38.6 Å². The molecule has 1 N–H and O–H groups in total. The number of hydrogen-bond acceptors (Lipinski definition) is 2. The Kier molecular flexibility index (Phi) is 4.43. The monoisotopic (exact) mass is 232 g/mol. The van der Waals surface area contributed by atoms with Gasteiger partial charge in [0.1, 0.15) is 0 Å². The summed E-state index contributed by atoms with van der Waals surface area (Å²) in [7, 11) is 2.06. The van der Waals surface area contributed by atoms with Gasteiger partial charge in [0, 0.05) is 24.8 Å². The van der Waals surface area contributed by atoms with Gasteiger partial charge < -0.3 is 10.2 Å². The molecule has 1 heterocycles. The Labute approximate surface area is 105 Å². The molecule has 1 aromatic carbocycles. The topological polar surface area (TPSA) is 15.3 Å². The molecule has 0 aliphatic carbocycles. The summed E-state index contributed by atoms with van der Waals surface area (Å²) >= 11 is 0. The summed E-state index contributed by atoms with van der Waals surface area (Å²) < 4.78 is 0. The van der Waals surface area contributed by atoms with E-state index < -0.39 is 0 Å². The molecule has 0 radical (unpaired) electrons. The molecular formula is C15H24N2. The Hall–Kier alpha value is -1.02. The van der Waals surface area contributed by atoms with Crippen LogP contribution in [0.15, 0.2) is 24.3 Å². The van der Waals surface area contributed by atoms with Crippen LogP contribution < -0.4 is 10.2 Å². The highest BCUT2D eigenvalue weighted by Gasteiger charge is 2.20. The quantitative estimate of drug-likeness (QED) is 0.840. The number of hydrogen-bond donors (Lipinski definition) is 1. The molecule has 0 bridgehead atoms. The minimum absolute atomic E-state index is 0.662. The van der Waals surface area contributed by atoms with Crippen molar-refractivity contribution in [3.8, 4) is 0 Å². The summed E-state index contributed by atoms with van der Waals surface area (Å²) in [6, 6.07) is 9.80. The number of unbranched alkanes of at least 4 members (excludes halogenated alkanes) is 1. The molecule has 1 aliphatic heterocycles. The summed E-state index contributed by atoms with van der Waals surface area (Å²) in [4.78, 5) is 2.48. The molecule has 94 valence electrons. The van der Waals surface area contributed by atoms with Crippen LogP contribution in [0.5, 0.6) is 0 Å². The number of likely N-dealkylation sites (N-methyl/N-ethyl adjacent to an activating group) is 1. The molecule has 17 heavy (non-hydrogen) atoms. The molecule has 0 amide bonds. The Morgan fingerprint density at radius 1 is 1.29 bits per heavy atom. The SMILES string of the molecule is CCCCc1ccc(N2CCC(NC)C2)cc1. The molecule has 1 atom stereocenters. The largest absolute Gasteiger partial charge is 0.370 e.